The molecular weight excluding hydrogens is 134 g/mol. The van der Waals surface area contributed by atoms with E-state index < -0.39 is 0 Å². The summed E-state index contributed by atoms with van der Waals surface area (Å²) in [6.45, 7) is 0. The first-order valence-electron chi connectivity index (χ1n) is 2.80. The van der Waals surface area contributed by atoms with Crippen molar-refractivity contribution in [3.8, 4) is 6.07 Å². The van der Waals surface area contributed by atoms with Crippen molar-refractivity contribution in [3.05, 3.63) is 22.8 Å². The van der Waals surface area contributed by atoms with Crippen molar-refractivity contribution < 1.29 is 0 Å². The number of halogens is 1. The Morgan fingerprint density at radius 3 is 2.89 bits per heavy atom. The van der Waals surface area contributed by atoms with Crippen LogP contribution in [0.4, 0.5) is 0 Å². The van der Waals surface area contributed by atoms with Crippen molar-refractivity contribution in [2.75, 3.05) is 0 Å². The third-order valence-electron chi connectivity index (χ3n) is 1.25. The number of hydrogen-bond acceptors (Lipinski definition) is 1. The molecule has 0 amide bonds. The molecule has 9 heavy (non-hydrogen) atoms. The highest BCUT2D eigenvalue weighted by atomic mass is 35.5. The second kappa shape index (κ2) is 2.70. The maximum atomic E-state index is 8.44. The molecule has 0 unspecified atom stereocenters. The average molecular weight is 140 g/mol. The fraction of sp³-hybridized carbons (Fsp3) is 0.286. The minimum atomic E-state index is 0.601. The SMILES string of the molecule is N#CC1=C(Cl)C=CCC1. The van der Waals surface area contributed by atoms with E-state index in [2.05, 4.69) is 6.07 Å². The van der Waals surface area contributed by atoms with Crippen LogP contribution in [-0.2, 0) is 0 Å². The summed E-state index contributed by atoms with van der Waals surface area (Å²) in [7, 11) is 0. The molecule has 0 saturated heterocycles. The van der Waals surface area contributed by atoms with Crippen LogP contribution in [0.2, 0.25) is 0 Å². The molecule has 46 valence electrons. The van der Waals surface area contributed by atoms with Gasteiger partial charge in [0.25, 0.3) is 0 Å². The molecule has 0 aromatic heterocycles. The van der Waals surface area contributed by atoms with E-state index >= 15 is 0 Å². The second-order valence-corrected chi connectivity index (χ2v) is 2.29. The van der Waals surface area contributed by atoms with E-state index in [0.717, 1.165) is 12.8 Å². The number of allylic oxidation sites excluding steroid dienone is 4. The van der Waals surface area contributed by atoms with Gasteiger partial charge in [-0.15, -0.1) is 0 Å². The minimum absolute atomic E-state index is 0.601. The Kier molecular flexibility index (Phi) is 1.92. The third-order valence-corrected chi connectivity index (χ3v) is 1.60. The van der Waals surface area contributed by atoms with Gasteiger partial charge in [0.2, 0.25) is 0 Å². The second-order valence-electron chi connectivity index (χ2n) is 1.88. The Morgan fingerprint density at radius 2 is 2.44 bits per heavy atom. The summed E-state index contributed by atoms with van der Waals surface area (Å²) >= 11 is 5.65. The van der Waals surface area contributed by atoms with Crippen LogP contribution in [0.25, 0.3) is 0 Å². The number of nitrogens with zero attached hydrogens (tertiary/aromatic N) is 1. The highest BCUT2D eigenvalue weighted by molar-refractivity contribution is 6.31. The van der Waals surface area contributed by atoms with Crippen LogP contribution in [0.5, 0.6) is 0 Å². The normalized spacial score (nSPS) is 17.8. The lowest BCUT2D eigenvalue weighted by atomic mass is 10.1. The predicted octanol–water partition coefficient (Wildman–Crippen LogP) is 2.35. The lowest BCUT2D eigenvalue weighted by Gasteiger charge is -2.01. The predicted molar refractivity (Wildman–Crippen MR) is 36.9 cm³/mol. The van der Waals surface area contributed by atoms with E-state index in [0.29, 0.717) is 10.6 Å². The summed E-state index contributed by atoms with van der Waals surface area (Å²) in [4.78, 5) is 0. The monoisotopic (exact) mass is 139 g/mol. The third kappa shape index (κ3) is 1.34. The lowest BCUT2D eigenvalue weighted by Crippen LogP contribution is -1.86. The summed E-state index contributed by atoms with van der Waals surface area (Å²) in [5.41, 5.74) is 0.708. The maximum Gasteiger partial charge on any atom is 0.0962 e. The van der Waals surface area contributed by atoms with E-state index in [1.807, 2.05) is 6.08 Å². The zero-order valence-electron chi connectivity index (χ0n) is 4.89. The Balaban J connectivity index is 2.88. The Bertz CT molecular complexity index is 207. The van der Waals surface area contributed by atoms with Gasteiger partial charge in [0.05, 0.1) is 11.1 Å². The Morgan fingerprint density at radius 1 is 1.67 bits per heavy atom. The van der Waals surface area contributed by atoms with Crippen LogP contribution in [0.15, 0.2) is 22.8 Å². The lowest BCUT2D eigenvalue weighted by molar-refractivity contribution is 0.989. The van der Waals surface area contributed by atoms with E-state index in [-0.39, 0.29) is 0 Å². The highest BCUT2D eigenvalue weighted by Gasteiger charge is 2.03. The molecule has 0 bridgehead atoms. The van der Waals surface area contributed by atoms with Gasteiger partial charge in [0, 0.05) is 5.57 Å². The molecule has 0 aromatic carbocycles. The van der Waals surface area contributed by atoms with Crippen LogP contribution in [0.3, 0.4) is 0 Å². The van der Waals surface area contributed by atoms with Gasteiger partial charge in [0.1, 0.15) is 0 Å². The van der Waals surface area contributed by atoms with E-state index in [9.17, 15) is 0 Å². The molecule has 0 aliphatic heterocycles. The molecule has 2 heteroatoms. The summed E-state index contributed by atoms with van der Waals surface area (Å²) in [6.07, 6.45) is 5.50. The van der Waals surface area contributed by atoms with Gasteiger partial charge in [-0.2, -0.15) is 5.26 Å². The average Bonchev–Trinajstić information content (AvgIpc) is 1.89. The van der Waals surface area contributed by atoms with Crippen LogP contribution < -0.4 is 0 Å². The molecule has 0 radical (unpaired) electrons. The van der Waals surface area contributed by atoms with Crippen molar-refractivity contribution in [2.24, 2.45) is 0 Å². The summed E-state index contributed by atoms with van der Waals surface area (Å²) < 4.78 is 0. The van der Waals surface area contributed by atoms with E-state index in [4.69, 9.17) is 16.9 Å². The first-order chi connectivity index (χ1) is 4.34. The molecule has 0 aromatic rings. The van der Waals surface area contributed by atoms with Gasteiger partial charge in [-0.3, -0.25) is 0 Å². The highest BCUT2D eigenvalue weighted by Crippen LogP contribution is 2.20. The summed E-state index contributed by atoms with van der Waals surface area (Å²) in [5.74, 6) is 0. The van der Waals surface area contributed by atoms with Crippen molar-refractivity contribution in [3.63, 3.8) is 0 Å². The molecule has 1 rings (SSSR count). The molecule has 1 nitrogen and oxygen atoms in total. The van der Waals surface area contributed by atoms with Gasteiger partial charge in [-0.25, -0.2) is 0 Å². The molecule has 1 aliphatic rings. The van der Waals surface area contributed by atoms with Crippen molar-refractivity contribution >= 4 is 11.6 Å². The largest absolute Gasteiger partial charge is 0.193 e. The fourth-order valence-corrected chi connectivity index (χ4v) is 0.970. The van der Waals surface area contributed by atoms with Gasteiger partial charge in [-0.05, 0) is 18.9 Å². The van der Waals surface area contributed by atoms with Gasteiger partial charge >= 0.3 is 0 Å². The summed E-state index contributed by atoms with van der Waals surface area (Å²) in [5, 5.41) is 9.04. The molecule has 0 atom stereocenters. The topological polar surface area (TPSA) is 23.8 Å². The van der Waals surface area contributed by atoms with Crippen molar-refractivity contribution in [1.82, 2.24) is 0 Å². The zero-order valence-corrected chi connectivity index (χ0v) is 5.65. The molecular formula is C7H6ClN. The van der Waals surface area contributed by atoms with Crippen molar-refractivity contribution in [2.45, 2.75) is 12.8 Å². The smallest absolute Gasteiger partial charge is 0.0962 e. The van der Waals surface area contributed by atoms with Gasteiger partial charge < -0.3 is 0 Å². The Labute approximate surface area is 59.2 Å². The number of rotatable bonds is 0. The molecule has 0 fully saturated rings. The fourth-order valence-electron chi connectivity index (χ4n) is 0.744. The first-order valence-corrected chi connectivity index (χ1v) is 3.17. The minimum Gasteiger partial charge on any atom is -0.193 e. The number of hydrogen-bond donors (Lipinski definition) is 0. The van der Waals surface area contributed by atoms with Crippen LogP contribution in [0.1, 0.15) is 12.8 Å². The standard InChI is InChI=1S/C7H6ClN/c8-7-4-2-1-3-6(7)5-9/h2,4H,1,3H2. The quantitative estimate of drug-likeness (QED) is 0.506. The van der Waals surface area contributed by atoms with Crippen LogP contribution in [-0.4, -0.2) is 0 Å². The van der Waals surface area contributed by atoms with Crippen molar-refractivity contribution in [1.29, 1.82) is 5.26 Å². The van der Waals surface area contributed by atoms with Crippen LogP contribution in [0, 0.1) is 11.3 Å². The summed E-state index contributed by atoms with van der Waals surface area (Å²) in [6, 6.07) is 2.05. The van der Waals surface area contributed by atoms with Gasteiger partial charge in [-0.1, -0.05) is 17.7 Å². The zero-order chi connectivity index (χ0) is 6.69. The molecule has 0 N–H and O–H groups in total. The van der Waals surface area contributed by atoms with Crippen LogP contribution >= 0.6 is 11.6 Å². The van der Waals surface area contributed by atoms with E-state index in [1.54, 1.807) is 6.08 Å². The molecule has 0 spiro atoms. The number of nitriles is 1. The van der Waals surface area contributed by atoms with E-state index in [1.165, 1.54) is 0 Å². The molecule has 0 heterocycles. The first kappa shape index (κ1) is 6.38. The Hall–Kier alpha value is -0.740. The molecule has 0 saturated carbocycles. The maximum absolute atomic E-state index is 8.44. The molecule has 1 aliphatic carbocycles. The van der Waals surface area contributed by atoms with Gasteiger partial charge in [0.15, 0.2) is 0 Å².